The monoisotopic (exact) mass is 448 g/mol. The first kappa shape index (κ1) is 29.4. The summed E-state index contributed by atoms with van der Waals surface area (Å²) >= 11 is 0. The van der Waals surface area contributed by atoms with E-state index in [-0.39, 0.29) is 0 Å². The van der Waals surface area contributed by atoms with Gasteiger partial charge >= 0.3 is 0 Å². The maximum absolute atomic E-state index is 2.68. The van der Waals surface area contributed by atoms with Crippen molar-refractivity contribution in [1.82, 2.24) is 9.80 Å². The van der Waals surface area contributed by atoms with Crippen LogP contribution in [0.25, 0.3) is 0 Å². The average Bonchev–Trinajstić information content (AvgIpc) is 3.18. The van der Waals surface area contributed by atoms with Gasteiger partial charge in [-0.2, -0.15) is 0 Å². The highest BCUT2D eigenvalue weighted by molar-refractivity contribution is 4.97. The zero-order chi connectivity index (χ0) is 23.1. The molecule has 1 aliphatic rings. The van der Waals surface area contributed by atoms with E-state index in [1.807, 2.05) is 0 Å². The Morgan fingerprint density at radius 3 is 1.09 bits per heavy atom. The van der Waals surface area contributed by atoms with Gasteiger partial charge in [-0.1, -0.05) is 136 Å². The van der Waals surface area contributed by atoms with E-state index in [9.17, 15) is 0 Å². The summed E-state index contributed by atoms with van der Waals surface area (Å²) in [6.07, 6.45) is 36.5. The summed E-state index contributed by atoms with van der Waals surface area (Å²) in [6, 6.07) is 0. The van der Waals surface area contributed by atoms with Crippen molar-refractivity contribution in [2.75, 3.05) is 13.1 Å². The number of hydrogen-bond acceptors (Lipinski definition) is 2. The SMILES string of the molecule is CCCCCCCCCCCN1C=CN(CCCCCCCC)C1CCCCCCCC. The first-order valence-electron chi connectivity index (χ1n) is 15.0. The molecule has 0 bridgehead atoms. The van der Waals surface area contributed by atoms with E-state index in [2.05, 4.69) is 43.0 Å². The molecule has 2 nitrogen and oxygen atoms in total. The fourth-order valence-corrected chi connectivity index (χ4v) is 5.13. The van der Waals surface area contributed by atoms with Crippen LogP contribution in [0, 0.1) is 0 Å². The molecule has 1 unspecified atom stereocenters. The van der Waals surface area contributed by atoms with Gasteiger partial charge < -0.3 is 9.80 Å². The van der Waals surface area contributed by atoms with E-state index in [4.69, 9.17) is 0 Å². The van der Waals surface area contributed by atoms with Crippen molar-refractivity contribution < 1.29 is 0 Å². The minimum atomic E-state index is 0.644. The zero-order valence-corrected chi connectivity index (χ0v) is 22.6. The van der Waals surface area contributed by atoms with Crippen LogP contribution in [0.1, 0.15) is 162 Å². The van der Waals surface area contributed by atoms with Gasteiger partial charge in [-0.3, -0.25) is 0 Å². The third-order valence-electron chi connectivity index (χ3n) is 7.32. The second kappa shape index (κ2) is 22.1. The highest BCUT2D eigenvalue weighted by atomic mass is 15.4. The van der Waals surface area contributed by atoms with Gasteiger partial charge in [0.15, 0.2) is 0 Å². The summed E-state index contributed by atoms with van der Waals surface area (Å²) in [5.41, 5.74) is 0. The van der Waals surface area contributed by atoms with Gasteiger partial charge in [-0.05, 0) is 25.7 Å². The normalized spacial score (nSPS) is 15.9. The molecule has 0 aromatic carbocycles. The molecule has 1 rings (SSSR count). The molecule has 0 aliphatic carbocycles. The Morgan fingerprint density at radius 1 is 0.406 bits per heavy atom. The fourth-order valence-electron chi connectivity index (χ4n) is 5.13. The van der Waals surface area contributed by atoms with E-state index in [1.165, 1.54) is 154 Å². The van der Waals surface area contributed by atoms with Gasteiger partial charge in [0.25, 0.3) is 0 Å². The highest BCUT2D eigenvalue weighted by Gasteiger charge is 2.24. The lowest BCUT2D eigenvalue weighted by Crippen LogP contribution is -2.39. The summed E-state index contributed by atoms with van der Waals surface area (Å²) in [4.78, 5) is 5.37. The van der Waals surface area contributed by atoms with Crippen molar-refractivity contribution in [3.8, 4) is 0 Å². The summed E-state index contributed by atoms with van der Waals surface area (Å²) in [5.74, 6) is 0. The van der Waals surface area contributed by atoms with Crippen molar-refractivity contribution in [3.05, 3.63) is 12.4 Å². The quantitative estimate of drug-likeness (QED) is 0.135. The molecule has 0 saturated carbocycles. The van der Waals surface area contributed by atoms with Gasteiger partial charge in [0.05, 0.1) is 0 Å². The van der Waals surface area contributed by atoms with Crippen LogP contribution in [0.2, 0.25) is 0 Å². The number of unbranched alkanes of at least 4 members (excludes halogenated alkanes) is 18. The Balaban J connectivity index is 2.26. The predicted octanol–water partition coefficient (Wildman–Crippen LogP) is 10.0. The first-order chi connectivity index (χ1) is 15.8. The third kappa shape index (κ3) is 15.2. The Kier molecular flexibility index (Phi) is 20.3. The maximum atomic E-state index is 2.68. The topological polar surface area (TPSA) is 6.48 Å². The van der Waals surface area contributed by atoms with Crippen molar-refractivity contribution in [2.24, 2.45) is 0 Å². The van der Waals surface area contributed by atoms with Crippen LogP contribution in [0.3, 0.4) is 0 Å². The summed E-state index contributed by atoms with van der Waals surface area (Å²) in [5, 5.41) is 0. The molecule has 0 aromatic heterocycles. The van der Waals surface area contributed by atoms with Crippen LogP contribution in [0.5, 0.6) is 0 Å². The Labute approximate surface area is 203 Å². The smallest absolute Gasteiger partial charge is 0.101 e. The van der Waals surface area contributed by atoms with Crippen LogP contribution in [-0.2, 0) is 0 Å². The lowest BCUT2D eigenvalue weighted by atomic mass is 10.1. The van der Waals surface area contributed by atoms with Crippen molar-refractivity contribution in [1.29, 1.82) is 0 Å². The largest absolute Gasteiger partial charge is 0.356 e. The highest BCUT2D eigenvalue weighted by Crippen LogP contribution is 2.24. The van der Waals surface area contributed by atoms with Gasteiger partial charge in [0.1, 0.15) is 6.17 Å². The molecule has 0 spiro atoms. The summed E-state index contributed by atoms with van der Waals surface area (Å²) in [7, 11) is 0. The molecule has 0 N–H and O–H groups in total. The molecule has 0 aromatic rings. The first-order valence-corrected chi connectivity index (χ1v) is 15.0. The molecule has 0 fully saturated rings. The van der Waals surface area contributed by atoms with Crippen LogP contribution in [0.15, 0.2) is 12.4 Å². The lowest BCUT2D eigenvalue weighted by Gasteiger charge is -2.33. The Hall–Kier alpha value is -0.660. The fraction of sp³-hybridized carbons (Fsp3) is 0.933. The zero-order valence-electron chi connectivity index (χ0n) is 22.6. The van der Waals surface area contributed by atoms with Crippen molar-refractivity contribution in [2.45, 2.75) is 168 Å². The number of nitrogens with zero attached hydrogens (tertiary/aromatic N) is 2. The molecule has 1 aliphatic heterocycles. The average molecular weight is 449 g/mol. The Bertz CT molecular complexity index is 406. The number of rotatable bonds is 24. The second-order valence-electron chi connectivity index (χ2n) is 10.4. The predicted molar refractivity (Wildman–Crippen MR) is 145 cm³/mol. The van der Waals surface area contributed by atoms with E-state index in [1.54, 1.807) is 0 Å². The molecule has 0 saturated heterocycles. The van der Waals surface area contributed by atoms with Crippen LogP contribution < -0.4 is 0 Å². The number of hydrogen-bond donors (Lipinski definition) is 0. The molecule has 1 heterocycles. The molecule has 0 radical (unpaired) electrons. The molecule has 0 amide bonds. The van der Waals surface area contributed by atoms with Gasteiger partial charge in [0, 0.05) is 25.5 Å². The van der Waals surface area contributed by atoms with Crippen LogP contribution in [-0.4, -0.2) is 29.1 Å². The third-order valence-corrected chi connectivity index (χ3v) is 7.32. The molecule has 32 heavy (non-hydrogen) atoms. The van der Waals surface area contributed by atoms with Gasteiger partial charge in [0.2, 0.25) is 0 Å². The van der Waals surface area contributed by atoms with Gasteiger partial charge in [-0.25, -0.2) is 0 Å². The maximum Gasteiger partial charge on any atom is 0.101 e. The van der Waals surface area contributed by atoms with Crippen LogP contribution >= 0.6 is 0 Å². The van der Waals surface area contributed by atoms with E-state index in [0.29, 0.717) is 6.17 Å². The molecule has 1 atom stereocenters. The lowest BCUT2D eigenvalue weighted by molar-refractivity contribution is 0.135. The molecule has 2 heteroatoms. The van der Waals surface area contributed by atoms with Crippen molar-refractivity contribution in [3.63, 3.8) is 0 Å². The van der Waals surface area contributed by atoms with Gasteiger partial charge in [-0.15, -0.1) is 0 Å². The van der Waals surface area contributed by atoms with Crippen LogP contribution in [0.4, 0.5) is 0 Å². The molecule has 190 valence electrons. The second-order valence-corrected chi connectivity index (χ2v) is 10.4. The Morgan fingerprint density at radius 2 is 0.719 bits per heavy atom. The molecular formula is C30H60N2. The summed E-state index contributed by atoms with van der Waals surface area (Å²) in [6.45, 7) is 9.46. The standard InChI is InChI=1S/C30H60N2/c1-4-7-10-13-16-17-18-21-24-27-32-29-28-31(26-23-20-15-12-9-6-3)30(32)25-22-19-14-11-8-5-2/h28-30H,4-27H2,1-3H3. The minimum absolute atomic E-state index is 0.644. The summed E-state index contributed by atoms with van der Waals surface area (Å²) < 4.78 is 0. The van der Waals surface area contributed by atoms with E-state index < -0.39 is 0 Å². The van der Waals surface area contributed by atoms with Crippen molar-refractivity contribution >= 4 is 0 Å². The van der Waals surface area contributed by atoms with E-state index in [0.717, 1.165) is 0 Å². The molecular weight excluding hydrogens is 388 g/mol. The minimum Gasteiger partial charge on any atom is -0.356 e. The van der Waals surface area contributed by atoms with E-state index >= 15 is 0 Å².